The summed E-state index contributed by atoms with van der Waals surface area (Å²) in [5.74, 6) is 0.541. The van der Waals surface area contributed by atoms with Crippen molar-refractivity contribution in [3.63, 3.8) is 0 Å². The van der Waals surface area contributed by atoms with Gasteiger partial charge in [-0.15, -0.1) is 0 Å². The van der Waals surface area contributed by atoms with Crippen LogP contribution < -0.4 is 0 Å². The molecule has 0 radical (unpaired) electrons. The first-order valence-corrected chi connectivity index (χ1v) is 9.93. The second kappa shape index (κ2) is 18.2. The van der Waals surface area contributed by atoms with Crippen molar-refractivity contribution < 1.29 is 19.6 Å². The Morgan fingerprint density at radius 2 is 1.46 bits per heavy atom. The molecule has 2 N–H and O–H groups in total. The van der Waals surface area contributed by atoms with E-state index in [2.05, 4.69) is 25.6 Å². The molecule has 0 spiro atoms. The molecule has 3 nitrogen and oxygen atoms in total. The monoisotopic (exact) mass is 392 g/mol. The number of aryl methyl sites for hydroxylation is 2. The Labute approximate surface area is 170 Å². The topological polar surface area (TPSA) is 49.7 Å². The average Bonchev–Trinajstić information content (AvgIpc) is 2.77. The van der Waals surface area contributed by atoms with Crippen LogP contribution in [0.3, 0.4) is 0 Å². The molecule has 0 atom stereocenters. The molecule has 0 aromatic heterocycles. The maximum Gasteiger partial charge on any atom is 0.131 e. The van der Waals surface area contributed by atoms with Crippen LogP contribution in [-0.2, 0) is 17.6 Å². The highest BCUT2D eigenvalue weighted by Crippen LogP contribution is 2.25. The Balaban J connectivity index is 0. The molecule has 158 valence electrons. The van der Waals surface area contributed by atoms with Crippen LogP contribution in [0.2, 0.25) is 0 Å². The van der Waals surface area contributed by atoms with Gasteiger partial charge in [0.15, 0.2) is 0 Å². The lowest BCUT2D eigenvalue weighted by molar-refractivity contribution is -0.176. The summed E-state index contributed by atoms with van der Waals surface area (Å²) in [4.78, 5) is 0. The highest BCUT2D eigenvalue weighted by Gasteiger charge is 2.07. The Bertz CT molecular complexity index is 637. The van der Waals surface area contributed by atoms with Crippen LogP contribution in [-0.4, -0.2) is 17.6 Å². The third-order valence-electron chi connectivity index (χ3n) is 3.82. The van der Waals surface area contributed by atoms with Crippen LogP contribution in [0.25, 0.3) is 11.1 Å². The van der Waals surface area contributed by atoms with Crippen LogP contribution in [0.4, 0.5) is 4.39 Å². The zero-order valence-corrected chi connectivity index (χ0v) is 18.3. The molecule has 0 saturated carbocycles. The van der Waals surface area contributed by atoms with Gasteiger partial charge >= 0.3 is 0 Å². The van der Waals surface area contributed by atoms with Crippen molar-refractivity contribution in [1.82, 2.24) is 0 Å². The first kappa shape index (κ1) is 28.0. The summed E-state index contributed by atoms with van der Waals surface area (Å²) >= 11 is 0. The largest absolute Gasteiger partial charge is 0.502 e. The van der Waals surface area contributed by atoms with E-state index in [0.29, 0.717) is 12.0 Å². The fraction of sp³-hybridized carbons (Fsp3) is 0.417. The van der Waals surface area contributed by atoms with E-state index in [9.17, 15) is 4.39 Å². The van der Waals surface area contributed by atoms with Gasteiger partial charge in [-0.2, -0.15) is 0 Å². The van der Waals surface area contributed by atoms with Crippen molar-refractivity contribution in [3.05, 3.63) is 71.7 Å². The molecule has 0 unspecified atom stereocenters. The minimum absolute atomic E-state index is 0.177. The minimum atomic E-state index is -0.177. The maximum atomic E-state index is 14.3. The van der Waals surface area contributed by atoms with E-state index in [1.807, 2.05) is 52.0 Å². The molecule has 28 heavy (non-hydrogen) atoms. The molecule has 2 rings (SSSR count). The van der Waals surface area contributed by atoms with Gasteiger partial charge in [-0.3, -0.25) is 10.5 Å². The Kier molecular flexibility index (Phi) is 18.2. The van der Waals surface area contributed by atoms with Crippen LogP contribution in [0.1, 0.15) is 58.6 Å². The lowest BCUT2D eigenvalue weighted by Crippen LogP contribution is -1.93. The van der Waals surface area contributed by atoms with Gasteiger partial charge in [-0.1, -0.05) is 84.0 Å². The zero-order chi connectivity index (χ0) is 21.9. The molecule has 0 fully saturated rings. The molecule has 4 heteroatoms. The van der Waals surface area contributed by atoms with Crippen molar-refractivity contribution in [2.45, 2.75) is 60.3 Å². The predicted molar refractivity (Wildman–Crippen MR) is 118 cm³/mol. The normalized spacial score (nSPS) is 8.89. The van der Waals surface area contributed by atoms with E-state index in [0.717, 1.165) is 36.1 Å². The quantitative estimate of drug-likeness (QED) is 0.290. The summed E-state index contributed by atoms with van der Waals surface area (Å²) in [6.45, 7) is 13.9. The number of allylic oxidation sites excluding steroid dienone is 1. The molecular formula is C24H37FO3. The molecule has 0 saturated heterocycles. The predicted octanol–water partition coefficient (Wildman–Crippen LogP) is 7.61. The van der Waals surface area contributed by atoms with Gasteiger partial charge in [0.05, 0.1) is 12.9 Å². The van der Waals surface area contributed by atoms with Crippen LogP contribution in [0, 0.1) is 5.82 Å². The van der Waals surface area contributed by atoms with Gasteiger partial charge < -0.3 is 4.74 Å². The van der Waals surface area contributed by atoms with E-state index < -0.39 is 0 Å². The molecule has 0 aliphatic rings. The summed E-state index contributed by atoms with van der Waals surface area (Å²) in [6, 6.07) is 13.6. The van der Waals surface area contributed by atoms with Crippen LogP contribution in [0.5, 0.6) is 0 Å². The SMILES string of the molecule is C=C(CCc1ccc(-c2ccc(CCC)cc2)c(F)c1)OC.CC.CC.OO. The second-order valence-corrected chi connectivity index (χ2v) is 5.50. The fourth-order valence-corrected chi connectivity index (χ4v) is 2.47. The minimum Gasteiger partial charge on any atom is -0.502 e. The van der Waals surface area contributed by atoms with Crippen LogP contribution in [0.15, 0.2) is 54.8 Å². The van der Waals surface area contributed by atoms with Gasteiger partial charge in [-0.05, 0) is 35.6 Å². The van der Waals surface area contributed by atoms with Crippen molar-refractivity contribution in [3.8, 4) is 11.1 Å². The van der Waals surface area contributed by atoms with E-state index in [1.165, 1.54) is 5.56 Å². The van der Waals surface area contributed by atoms with Crippen molar-refractivity contribution >= 4 is 0 Å². The third-order valence-corrected chi connectivity index (χ3v) is 3.82. The Morgan fingerprint density at radius 1 is 0.929 bits per heavy atom. The number of hydrogen-bond acceptors (Lipinski definition) is 3. The van der Waals surface area contributed by atoms with Gasteiger partial charge in [-0.25, -0.2) is 4.39 Å². The van der Waals surface area contributed by atoms with Crippen molar-refractivity contribution in [2.24, 2.45) is 0 Å². The molecule has 0 bridgehead atoms. The number of halogens is 1. The van der Waals surface area contributed by atoms with E-state index >= 15 is 0 Å². The van der Waals surface area contributed by atoms with Crippen molar-refractivity contribution in [1.29, 1.82) is 0 Å². The van der Waals surface area contributed by atoms with E-state index in [4.69, 9.17) is 15.3 Å². The van der Waals surface area contributed by atoms with Gasteiger partial charge in [0.25, 0.3) is 0 Å². The summed E-state index contributed by atoms with van der Waals surface area (Å²) in [6.07, 6.45) is 3.63. The number of hydrogen-bond donors (Lipinski definition) is 2. The van der Waals surface area contributed by atoms with Gasteiger partial charge in [0, 0.05) is 12.0 Å². The highest BCUT2D eigenvalue weighted by atomic mass is 19.1. The standard InChI is InChI=1S/C20H23FO.2C2H6.H2O2/c1-4-5-16-8-11-18(12-9-16)19-13-10-17(14-20(19)21)7-6-15(2)22-3;3*1-2/h8-14H,2,4-7H2,1,3H3;2*1-2H3;1-2H. The summed E-state index contributed by atoms with van der Waals surface area (Å²) in [7, 11) is 1.61. The highest BCUT2D eigenvalue weighted by molar-refractivity contribution is 5.64. The number of benzene rings is 2. The molecule has 0 aliphatic heterocycles. The summed E-state index contributed by atoms with van der Waals surface area (Å²) in [5.41, 5.74) is 3.82. The number of ether oxygens (including phenoxy) is 1. The maximum absolute atomic E-state index is 14.3. The molecule has 0 heterocycles. The first-order valence-electron chi connectivity index (χ1n) is 9.93. The molecule has 0 aliphatic carbocycles. The molecular weight excluding hydrogens is 355 g/mol. The average molecular weight is 393 g/mol. The second-order valence-electron chi connectivity index (χ2n) is 5.50. The summed E-state index contributed by atoms with van der Waals surface area (Å²) < 4.78 is 19.4. The Morgan fingerprint density at radius 3 is 1.93 bits per heavy atom. The smallest absolute Gasteiger partial charge is 0.131 e. The zero-order valence-electron chi connectivity index (χ0n) is 18.3. The lowest BCUT2D eigenvalue weighted by Gasteiger charge is -2.08. The van der Waals surface area contributed by atoms with Crippen LogP contribution >= 0.6 is 0 Å². The van der Waals surface area contributed by atoms with E-state index in [-0.39, 0.29) is 5.82 Å². The number of rotatable bonds is 7. The molecule has 2 aromatic rings. The first-order chi connectivity index (χ1) is 13.6. The van der Waals surface area contributed by atoms with Gasteiger partial charge in [0.1, 0.15) is 5.82 Å². The van der Waals surface area contributed by atoms with Crippen molar-refractivity contribution in [2.75, 3.05) is 7.11 Å². The Hall–Kier alpha value is -2.17. The van der Waals surface area contributed by atoms with E-state index in [1.54, 1.807) is 13.2 Å². The van der Waals surface area contributed by atoms with Gasteiger partial charge in [0.2, 0.25) is 0 Å². The molecule has 2 aromatic carbocycles. The summed E-state index contributed by atoms with van der Waals surface area (Å²) in [5, 5.41) is 12.0. The molecule has 0 amide bonds. The number of methoxy groups -OCH3 is 1. The fourth-order valence-electron chi connectivity index (χ4n) is 2.47. The third kappa shape index (κ3) is 10.2. The lowest BCUT2D eigenvalue weighted by atomic mass is 9.99.